The molecule has 1 N–H and O–H groups in total. The summed E-state index contributed by atoms with van der Waals surface area (Å²) >= 11 is 0. The summed E-state index contributed by atoms with van der Waals surface area (Å²) in [6, 6.07) is 10.6. The van der Waals surface area contributed by atoms with Crippen LogP contribution in [0.15, 0.2) is 47.5 Å². The maximum absolute atomic E-state index is 11.5. The Hall–Kier alpha value is -1.63. The van der Waals surface area contributed by atoms with E-state index in [1.165, 1.54) is 6.26 Å². The second-order valence-electron chi connectivity index (χ2n) is 6.19. The molecule has 0 saturated carbocycles. The number of piperidine rings is 1. The number of nitrogens with zero attached hydrogens (tertiary/aromatic N) is 1. The van der Waals surface area contributed by atoms with Gasteiger partial charge >= 0.3 is 0 Å². The van der Waals surface area contributed by atoms with Crippen molar-refractivity contribution in [2.45, 2.75) is 17.7 Å². The monoisotopic (exact) mass is 382 g/mol. The van der Waals surface area contributed by atoms with Crippen LogP contribution in [-0.4, -0.2) is 39.4 Å². The van der Waals surface area contributed by atoms with E-state index in [0.29, 0.717) is 23.3 Å². The predicted molar refractivity (Wildman–Crippen MR) is 101 cm³/mol. The summed E-state index contributed by atoms with van der Waals surface area (Å²) < 4.78 is 28.8. The fourth-order valence-electron chi connectivity index (χ4n) is 2.78. The molecule has 1 aromatic carbocycles. The van der Waals surface area contributed by atoms with Crippen LogP contribution in [0.2, 0.25) is 0 Å². The minimum absolute atomic E-state index is 0. The van der Waals surface area contributed by atoms with Crippen LogP contribution in [0.25, 0.3) is 11.1 Å². The zero-order valence-corrected chi connectivity index (χ0v) is 15.8. The second kappa shape index (κ2) is 8.65. The van der Waals surface area contributed by atoms with Crippen molar-refractivity contribution in [3.63, 3.8) is 0 Å². The van der Waals surface area contributed by atoms with Gasteiger partial charge in [0.05, 0.1) is 11.5 Å². The first kappa shape index (κ1) is 19.7. The van der Waals surface area contributed by atoms with Gasteiger partial charge in [0.2, 0.25) is 5.88 Å². The lowest BCUT2D eigenvalue weighted by Gasteiger charge is -2.22. The third-order valence-corrected chi connectivity index (χ3v) is 5.41. The number of rotatable bonds is 5. The topological polar surface area (TPSA) is 68.3 Å². The summed E-state index contributed by atoms with van der Waals surface area (Å²) in [5.74, 6) is 1.22. The van der Waals surface area contributed by atoms with E-state index in [2.05, 4.69) is 10.3 Å². The molecule has 5 nitrogen and oxygen atoms in total. The van der Waals surface area contributed by atoms with Crippen LogP contribution in [0.3, 0.4) is 0 Å². The third-order valence-electron chi connectivity index (χ3n) is 4.28. The highest BCUT2D eigenvalue weighted by Crippen LogP contribution is 2.22. The van der Waals surface area contributed by atoms with Gasteiger partial charge in [-0.1, -0.05) is 12.1 Å². The molecule has 1 saturated heterocycles. The van der Waals surface area contributed by atoms with E-state index >= 15 is 0 Å². The maximum Gasteiger partial charge on any atom is 0.213 e. The molecule has 0 spiro atoms. The lowest BCUT2D eigenvalue weighted by molar-refractivity contribution is 0.209. The van der Waals surface area contributed by atoms with Gasteiger partial charge in [0.15, 0.2) is 9.84 Å². The molecule has 2 aromatic rings. The van der Waals surface area contributed by atoms with Crippen LogP contribution >= 0.6 is 12.4 Å². The Morgan fingerprint density at radius 2 is 1.72 bits per heavy atom. The number of nitrogens with one attached hydrogen (secondary N) is 1. The number of benzene rings is 1. The maximum atomic E-state index is 11.5. The summed E-state index contributed by atoms with van der Waals surface area (Å²) in [6.45, 7) is 2.82. The molecule has 3 rings (SSSR count). The standard InChI is InChI=1S/C18H22N2O3S.ClH/c1-24(21,22)17-5-2-15(3-6-17)16-4-7-18(20-12-16)23-13-14-8-10-19-11-9-14;/h2-7,12,14,19H,8-11,13H2,1H3;1H. The summed E-state index contributed by atoms with van der Waals surface area (Å²) in [6.07, 6.45) is 5.25. The van der Waals surface area contributed by atoms with E-state index in [0.717, 1.165) is 37.1 Å². The first-order valence-corrected chi connectivity index (χ1v) is 10.0. The van der Waals surface area contributed by atoms with Crippen molar-refractivity contribution in [3.8, 4) is 17.0 Å². The van der Waals surface area contributed by atoms with Gasteiger partial charge in [-0.2, -0.15) is 0 Å². The summed E-state index contributed by atoms with van der Waals surface area (Å²) in [4.78, 5) is 4.68. The molecule has 1 aliphatic heterocycles. The highest BCUT2D eigenvalue weighted by atomic mass is 35.5. The van der Waals surface area contributed by atoms with Crippen LogP contribution < -0.4 is 10.1 Å². The molecule has 0 amide bonds. The Morgan fingerprint density at radius 1 is 1.08 bits per heavy atom. The smallest absolute Gasteiger partial charge is 0.213 e. The molecule has 0 bridgehead atoms. The molecule has 25 heavy (non-hydrogen) atoms. The van der Waals surface area contributed by atoms with Crippen LogP contribution in [0.5, 0.6) is 5.88 Å². The van der Waals surface area contributed by atoms with Crippen molar-refractivity contribution in [1.29, 1.82) is 0 Å². The first-order valence-electron chi connectivity index (χ1n) is 8.12. The van der Waals surface area contributed by atoms with Crippen LogP contribution in [0.1, 0.15) is 12.8 Å². The van der Waals surface area contributed by atoms with E-state index in [-0.39, 0.29) is 12.4 Å². The fraction of sp³-hybridized carbons (Fsp3) is 0.389. The van der Waals surface area contributed by atoms with Gasteiger partial charge in [-0.05, 0) is 55.6 Å². The molecular formula is C18H23ClN2O3S. The number of pyridine rings is 1. The minimum atomic E-state index is -3.17. The van der Waals surface area contributed by atoms with Crippen molar-refractivity contribution in [1.82, 2.24) is 10.3 Å². The lowest BCUT2D eigenvalue weighted by Crippen LogP contribution is -2.30. The molecule has 1 fully saturated rings. The van der Waals surface area contributed by atoms with E-state index in [9.17, 15) is 8.42 Å². The summed E-state index contributed by atoms with van der Waals surface area (Å²) in [5.41, 5.74) is 1.86. The highest BCUT2D eigenvalue weighted by Gasteiger charge is 2.14. The Bertz CT molecular complexity index is 771. The van der Waals surface area contributed by atoms with E-state index in [1.807, 2.05) is 12.1 Å². The molecule has 2 heterocycles. The number of hydrogen-bond acceptors (Lipinski definition) is 5. The number of ether oxygens (including phenoxy) is 1. The van der Waals surface area contributed by atoms with Gasteiger partial charge in [-0.25, -0.2) is 13.4 Å². The quantitative estimate of drug-likeness (QED) is 0.861. The molecule has 7 heteroatoms. The minimum Gasteiger partial charge on any atom is -0.477 e. The average molecular weight is 383 g/mol. The number of halogens is 1. The van der Waals surface area contributed by atoms with Gasteiger partial charge in [-0.3, -0.25) is 0 Å². The van der Waals surface area contributed by atoms with Gasteiger partial charge in [0, 0.05) is 24.1 Å². The van der Waals surface area contributed by atoms with Crippen molar-refractivity contribution in [3.05, 3.63) is 42.6 Å². The average Bonchev–Trinajstić information content (AvgIpc) is 2.61. The normalized spacial score (nSPS) is 15.4. The fourth-order valence-corrected chi connectivity index (χ4v) is 3.41. The molecule has 1 aliphatic rings. The van der Waals surface area contributed by atoms with Crippen molar-refractivity contribution in [2.24, 2.45) is 5.92 Å². The van der Waals surface area contributed by atoms with E-state index < -0.39 is 9.84 Å². The Balaban J connectivity index is 0.00000225. The zero-order valence-electron chi connectivity index (χ0n) is 14.1. The Labute approximate surface area is 155 Å². The number of sulfone groups is 1. The summed E-state index contributed by atoms with van der Waals surface area (Å²) in [5, 5.41) is 3.34. The predicted octanol–water partition coefficient (Wildman–Crippen LogP) is 2.95. The summed E-state index contributed by atoms with van der Waals surface area (Å²) in [7, 11) is -3.17. The molecule has 0 radical (unpaired) electrons. The van der Waals surface area contributed by atoms with Crippen molar-refractivity contribution < 1.29 is 13.2 Å². The second-order valence-corrected chi connectivity index (χ2v) is 8.20. The molecule has 0 unspecified atom stereocenters. The zero-order chi connectivity index (χ0) is 17.0. The van der Waals surface area contributed by atoms with Gasteiger partial charge in [-0.15, -0.1) is 12.4 Å². The molecule has 0 atom stereocenters. The molecular weight excluding hydrogens is 360 g/mol. The Kier molecular flexibility index (Phi) is 6.81. The molecule has 1 aromatic heterocycles. The van der Waals surface area contributed by atoms with Crippen LogP contribution in [-0.2, 0) is 9.84 Å². The van der Waals surface area contributed by atoms with Gasteiger partial charge in [0.25, 0.3) is 0 Å². The SMILES string of the molecule is CS(=O)(=O)c1ccc(-c2ccc(OCC3CCNCC3)nc2)cc1.Cl. The van der Waals surface area contributed by atoms with E-state index in [4.69, 9.17) is 4.74 Å². The lowest BCUT2D eigenvalue weighted by atomic mass is 9.99. The van der Waals surface area contributed by atoms with Gasteiger partial charge < -0.3 is 10.1 Å². The molecule has 136 valence electrons. The van der Waals surface area contributed by atoms with Crippen molar-refractivity contribution >= 4 is 22.2 Å². The number of hydrogen-bond donors (Lipinski definition) is 1. The van der Waals surface area contributed by atoms with Crippen LogP contribution in [0, 0.1) is 5.92 Å². The first-order chi connectivity index (χ1) is 11.5. The molecule has 0 aliphatic carbocycles. The highest BCUT2D eigenvalue weighted by molar-refractivity contribution is 7.90. The Morgan fingerprint density at radius 3 is 2.28 bits per heavy atom. The van der Waals surface area contributed by atoms with Gasteiger partial charge in [0.1, 0.15) is 0 Å². The van der Waals surface area contributed by atoms with Crippen LogP contribution in [0.4, 0.5) is 0 Å². The third kappa shape index (κ3) is 5.42. The van der Waals surface area contributed by atoms with Crippen molar-refractivity contribution in [2.75, 3.05) is 26.0 Å². The number of aromatic nitrogens is 1. The largest absolute Gasteiger partial charge is 0.477 e. The van der Waals surface area contributed by atoms with E-state index in [1.54, 1.807) is 30.5 Å².